The highest BCUT2D eigenvalue weighted by Gasteiger charge is 2.40. The fraction of sp³-hybridized carbons (Fsp3) is 0.0526. The van der Waals surface area contributed by atoms with E-state index in [0.717, 1.165) is 66.1 Å². The topological polar surface area (TPSA) is 26.3 Å². The average molecular weight is 1480 g/mol. The first-order valence-corrected chi connectivity index (χ1v) is 40.5. The molecule has 0 radical (unpaired) electrons. The van der Waals surface area contributed by atoms with E-state index in [1.807, 2.05) is 18.2 Å². The van der Waals surface area contributed by atoms with Gasteiger partial charge in [0.25, 0.3) is 0 Å². The SMILES string of the molecule is CC1(C)c2cccc(-c3ccc(-c4c5ccccc5c(-c5ccc(-c6cccc7c6oc6ccccc67)cc5)c5ccccc45)cc3)c2-c2c1ccc1ccccc21.CC1(C)c2cccc(-c3ccc(-c4c5ccccc5c(-c5ccccc5-c5cccc6c5oc5ccccc56)c5ccccc45)cc3)c2-c2c1ccc1ccccc21. The first-order valence-electron chi connectivity index (χ1n) is 40.5. The number of para-hydroxylation sites is 4. The summed E-state index contributed by atoms with van der Waals surface area (Å²) in [6.45, 7) is 9.49. The molecule has 0 spiro atoms. The van der Waals surface area contributed by atoms with Crippen LogP contribution in [0.2, 0.25) is 0 Å². The number of furan rings is 2. The highest BCUT2D eigenvalue weighted by atomic mass is 16.3. The highest BCUT2D eigenvalue weighted by Crippen LogP contribution is 2.58. The first kappa shape index (κ1) is 67.3. The summed E-state index contributed by atoms with van der Waals surface area (Å²) < 4.78 is 13.0. The van der Waals surface area contributed by atoms with Crippen LogP contribution in [-0.2, 0) is 10.8 Å². The van der Waals surface area contributed by atoms with Crippen molar-refractivity contribution < 1.29 is 8.83 Å². The highest BCUT2D eigenvalue weighted by molar-refractivity contribution is 6.25. The standard InChI is InChI=1S/2C57H38O/c1-57(2)49-23-12-20-41(54(49)55-40-14-4-3-13-35(40)33-34-50(55)57)36-25-29-38(30-26-36)52-44-16-5-7-18-46(44)53(47-19-8-6-17-45(47)52)39-31-27-37(28-32-39)42-21-11-22-48-43-15-9-10-24-51(43)58-56(42)48;1-57(2)49-27-14-24-39(54(49)55-38-16-4-3-15-35(38)33-34-50(55)57)36-29-31-37(32-30-36)52-43-20-7-9-22-45(43)53(46-23-10-8-21-44(46)52)42-19-6-5-17-40(42)47-25-13-26-48-41-18-11-12-28-51(41)58-56(47)48/h2*3-34H,1-2H3. The van der Waals surface area contributed by atoms with Crippen LogP contribution in [0.3, 0.4) is 0 Å². The van der Waals surface area contributed by atoms with E-state index in [9.17, 15) is 0 Å². The predicted octanol–water partition coefficient (Wildman–Crippen LogP) is 32.0. The van der Waals surface area contributed by atoms with Crippen molar-refractivity contribution >= 4 is 109 Å². The normalized spacial score (nSPS) is 13.1. The van der Waals surface area contributed by atoms with E-state index < -0.39 is 0 Å². The molecule has 2 heterocycles. The fourth-order valence-corrected chi connectivity index (χ4v) is 20.4. The summed E-state index contributed by atoms with van der Waals surface area (Å²) in [4.78, 5) is 0. The smallest absolute Gasteiger partial charge is 0.143 e. The molecule has 0 N–H and O–H groups in total. The van der Waals surface area contributed by atoms with Crippen LogP contribution >= 0.6 is 0 Å². The van der Waals surface area contributed by atoms with Crippen LogP contribution in [0.15, 0.2) is 397 Å². The third kappa shape index (κ3) is 10.2. The minimum Gasteiger partial charge on any atom is -0.455 e. The van der Waals surface area contributed by atoms with Crippen LogP contribution in [0.1, 0.15) is 49.9 Å². The minimum atomic E-state index is -0.0819. The molecule has 0 saturated carbocycles. The minimum absolute atomic E-state index is 0.0763. The van der Waals surface area contributed by atoms with Gasteiger partial charge in [-0.15, -0.1) is 0 Å². The largest absolute Gasteiger partial charge is 0.455 e. The first-order chi connectivity index (χ1) is 57.1. The van der Waals surface area contributed by atoms with E-state index in [2.05, 4.69) is 398 Å². The number of hydrogen-bond donors (Lipinski definition) is 0. The van der Waals surface area contributed by atoms with Crippen molar-refractivity contribution in [3.63, 3.8) is 0 Å². The van der Waals surface area contributed by atoms with Gasteiger partial charge in [0, 0.05) is 43.5 Å². The molecule has 0 fully saturated rings. The van der Waals surface area contributed by atoms with Crippen molar-refractivity contribution in [1.82, 2.24) is 0 Å². The molecule has 2 nitrogen and oxygen atoms in total. The second-order valence-corrected chi connectivity index (χ2v) is 32.6. The molecular formula is C114H76O2. The van der Waals surface area contributed by atoms with Crippen molar-refractivity contribution in [3.8, 4) is 111 Å². The Bertz CT molecular complexity index is 7740. The lowest BCUT2D eigenvalue weighted by molar-refractivity contribution is 0.661. The van der Waals surface area contributed by atoms with Crippen LogP contribution in [0.5, 0.6) is 0 Å². The number of hydrogen-bond acceptors (Lipinski definition) is 2. The van der Waals surface area contributed by atoms with Crippen molar-refractivity contribution in [2.45, 2.75) is 38.5 Å². The van der Waals surface area contributed by atoms with Gasteiger partial charge < -0.3 is 8.83 Å². The van der Waals surface area contributed by atoms with Gasteiger partial charge in [-0.3, -0.25) is 0 Å². The maximum Gasteiger partial charge on any atom is 0.143 e. The van der Waals surface area contributed by atoms with Crippen LogP contribution in [0.25, 0.3) is 220 Å². The second-order valence-electron chi connectivity index (χ2n) is 32.6. The van der Waals surface area contributed by atoms with Crippen LogP contribution in [0.4, 0.5) is 0 Å². The van der Waals surface area contributed by atoms with Gasteiger partial charge in [0.15, 0.2) is 0 Å². The van der Waals surface area contributed by atoms with E-state index in [-0.39, 0.29) is 10.8 Å². The molecule has 20 aromatic carbocycles. The summed E-state index contributed by atoms with van der Waals surface area (Å²) in [6, 6.07) is 143. The molecule has 0 bridgehead atoms. The maximum atomic E-state index is 6.59. The molecule has 2 heteroatoms. The summed E-state index contributed by atoms with van der Waals surface area (Å²) in [5, 5.41) is 19.7. The van der Waals surface area contributed by atoms with Crippen LogP contribution < -0.4 is 0 Å². The van der Waals surface area contributed by atoms with Gasteiger partial charge in [-0.1, -0.05) is 404 Å². The monoisotopic (exact) mass is 1480 g/mol. The zero-order valence-electron chi connectivity index (χ0n) is 64.8. The van der Waals surface area contributed by atoms with Crippen LogP contribution in [0, 0.1) is 0 Å². The Balaban J connectivity index is 0.000000137. The predicted molar refractivity (Wildman–Crippen MR) is 491 cm³/mol. The summed E-state index contributed by atoms with van der Waals surface area (Å²) in [5.41, 5.74) is 34.0. The molecule has 116 heavy (non-hydrogen) atoms. The average Bonchev–Trinajstić information content (AvgIpc) is 1.66. The van der Waals surface area contributed by atoms with E-state index in [4.69, 9.17) is 8.83 Å². The quantitative estimate of drug-likeness (QED) is 0.142. The molecular weight excluding hydrogens is 1400 g/mol. The Hall–Kier alpha value is -14.4. The Labute approximate surface area is 673 Å². The Morgan fingerprint density at radius 2 is 0.422 bits per heavy atom. The molecule has 2 aliphatic rings. The number of rotatable bonds is 8. The zero-order valence-corrected chi connectivity index (χ0v) is 64.8. The lowest BCUT2D eigenvalue weighted by atomic mass is 9.81. The van der Waals surface area contributed by atoms with Crippen molar-refractivity contribution in [3.05, 3.63) is 411 Å². The molecule has 0 atom stereocenters. The summed E-state index contributed by atoms with van der Waals surface area (Å²) >= 11 is 0. The molecule has 22 aromatic rings. The summed E-state index contributed by atoms with van der Waals surface area (Å²) in [7, 11) is 0. The van der Waals surface area contributed by atoms with Gasteiger partial charge in [-0.25, -0.2) is 0 Å². The lowest BCUT2D eigenvalue weighted by Gasteiger charge is -2.22. The van der Waals surface area contributed by atoms with Gasteiger partial charge in [-0.2, -0.15) is 0 Å². The Kier molecular flexibility index (Phi) is 15.1. The van der Waals surface area contributed by atoms with E-state index in [0.29, 0.717) is 0 Å². The van der Waals surface area contributed by atoms with Gasteiger partial charge in [0.2, 0.25) is 0 Å². The van der Waals surface area contributed by atoms with Gasteiger partial charge >= 0.3 is 0 Å². The molecule has 544 valence electrons. The van der Waals surface area contributed by atoms with Crippen molar-refractivity contribution in [2.75, 3.05) is 0 Å². The van der Waals surface area contributed by atoms with Crippen molar-refractivity contribution in [1.29, 1.82) is 0 Å². The van der Waals surface area contributed by atoms with Gasteiger partial charge in [0.05, 0.1) is 0 Å². The Morgan fingerprint density at radius 3 is 0.828 bits per heavy atom. The van der Waals surface area contributed by atoms with E-state index >= 15 is 0 Å². The molecule has 2 aromatic heterocycles. The summed E-state index contributed by atoms with van der Waals surface area (Å²) in [6.07, 6.45) is 0. The Morgan fingerprint density at radius 1 is 0.155 bits per heavy atom. The number of benzene rings is 20. The molecule has 24 rings (SSSR count). The number of fused-ring (bicyclic) bond motifs is 20. The lowest BCUT2D eigenvalue weighted by Crippen LogP contribution is -2.14. The van der Waals surface area contributed by atoms with Crippen molar-refractivity contribution in [2.24, 2.45) is 0 Å². The fourth-order valence-electron chi connectivity index (χ4n) is 20.4. The third-order valence-corrected chi connectivity index (χ3v) is 25.8. The summed E-state index contributed by atoms with van der Waals surface area (Å²) in [5.74, 6) is 0. The zero-order chi connectivity index (χ0) is 77.1. The molecule has 0 unspecified atom stereocenters. The van der Waals surface area contributed by atoms with E-state index in [1.165, 1.54) is 176 Å². The third-order valence-electron chi connectivity index (χ3n) is 25.8. The molecule has 0 saturated heterocycles. The van der Waals surface area contributed by atoms with Gasteiger partial charge in [0.1, 0.15) is 22.3 Å². The molecule has 0 amide bonds. The van der Waals surface area contributed by atoms with E-state index in [1.54, 1.807) is 0 Å². The maximum absolute atomic E-state index is 6.59. The van der Waals surface area contributed by atoms with Gasteiger partial charge in [-0.05, 0) is 199 Å². The molecule has 0 aliphatic heterocycles. The van der Waals surface area contributed by atoms with Crippen LogP contribution in [-0.4, -0.2) is 0 Å². The second kappa shape index (κ2) is 26.1. The molecule has 2 aliphatic carbocycles.